The number of fused-ring (bicyclic) bond motifs is 1. The number of methoxy groups -OCH3 is 1. The standard InChI is InChI=1S/C19H32N4O.HI/c1-19(2,15-22-18(20-3)21-11-7-13-24-4)23-12-10-16-8-5-6-9-17(16)14-23;/h5-6,8-9H,7,10-15H2,1-4H3,(H2,20,21,22);1H. The lowest BCUT2D eigenvalue weighted by Crippen LogP contribution is -2.54. The molecule has 0 amide bonds. The van der Waals surface area contributed by atoms with Crippen LogP contribution < -0.4 is 10.6 Å². The van der Waals surface area contributed by atoms with Gasteiger partial charge in [0.1, 0.15) is 0 Å². The zero-order valence-electron chi connectivity index (χ0n) is 16.0. The normalized spacial score (nSPS) is 15.3. The molecule has 0 unspecified atom stereocenters. The molecule has 25 heavy (non-hydrogen) atoms. The van der Waals surface area contributed by atoms with Crippen molar-refractivity contribution >= 4 is 29.9 Å². The lowest BCUT2D eigenvalue weighted by Gasteiger charge is -2.42. The Labute approximate surface area is 169 Å². The first-order chi connectivity index (χ1) is 11.6. The minimum Gasteiger partial charge on any atom is -0.385 e. The summed E-state index contributed by atoms with van der Waals surface area (Å²) in [6, 6.07) is 8.78. The third kappa shape index (κ3) is 6.75. The first-order valence-electron chi connectivity index (χ1n) is 8.82. The number of aliphatic imine (C=N–C) groups is 1. The lowest BCUT2D eigenvalue weighted by atomic mass is 9.94. The van der Waals surface area contributed by atoms with Gasteiger partial charge in [-0.25, -0.2) is 0 Å². The van der Waals surface area contributed by atoms with Crippen LogP contribution in [0.1, 0.15) is 31.4 Å². The van der Waals surface area contributed by atoms with E-state index in [9.17, 15) is 0 Å². The average Bonchev–Trinajstić information content (AvgIpc) is 2.60. The fourth-order valence-corrected chi connectivity index (χ4v) is 3.07. The van der Waals surface area contributed by atoms with Crippen molar-refractivity contribution in [3.8, 4) is 0 Å². The Morgan fingerprint density at radius 1 is 1.24 bits per heavy atom. The number of halogens is 1. The van der Waals surface area contributed by atoms with Crippen molar-refractivity contribution in [1.29, 1.82) is 0 Å². The van der Waals surface area contributed by atoms with Gasteiger partial charge < -0.3 is 15.4 Å². The molecular weight excluding hydrogens is 427 g/mol. The van der Waals surface area contributed by atoms with Crippen molar-refractivity contribution in [1.82, 2.24) is 15.5 Å². The van der Waals surface area contributed by atoms with Gasteiger partial charge in [-0.05, 0) is 37.8 Å². The topological polar surface area (TPSA) is 48.9 Å². The van der Waals surface area contributed by atoms with E-state index in [4.69, 9.17) is 4.74 Å². The Morgan fingerprint density at radius 3 is 2.64 bits per heavy atom. The number of hydrogen-bond donors (Lipinski definition) is 2. The van der Waals surface area contributed by atoms with E-state index in [1.165, 1.54) is 11.1 Å². The molecule has 1 aromatic rings. The second-order valence-corrected chi connectivity index (χ2v) is 6.95. The van der Waals surface area contributed by atoms with Crippen LogP contribution in [0.5, 0.6) is 0 Å². The van der Waals surface area contributed by atoms with Crippen LogP contribution in [0, 0.1) is 0 Å². The molecule has 0 atom stereocenters. The fourth-order valence-electron chi connectivity index (χ4n) is 3.07. The minimum absolute atomic E-state index is 0. The summed E-state index contributed by atoms with van der Waals surface area (Å²) in [5.74, 6) is 0.858. The molecule has 1 aromatic carbocycles. The van der Waals surface area contributed by atoms with Gasteiger partial charge in [-0.3, -0.25) is 9.89 Å². The van der Waals surface area contributed by atoms with Crippen LogP contribution >= 0.6 is 24.0 Å². The SMILES string of the molecule is CN=C(NCCCOC)NCC(C)(C)N1CCc2ccccc2C1.I. The van der Waals surface area contributed by atoms with Crippen LogP contribution in [0.25, 0.3) is 0 Å². The Kier molecular flexibility index (Phi) is 9.74. The molecule has 6 heteroatoms. The highest BCUT2D eigenvalue weighted by Crippen LogP contribution is 2.24. The summed E-state index contributed by atoms with van der Waals surface area (Å²) in [6.45, 7) is 9.21. The van der Waals surface area contributed by atoms with Gasteiger partial charge in [0.25, 0.3) is 0 Å². The third-order valence-electron chi connectivity index (χ3n) is 4.72. The third-order valence-corrected chi connectivity index (χ3v) is 4.72. The predicted octanol–water partition coefficient (Wildman–Crippen LogP) is 2.64. The number of hydrogen-bond acceptors (Lipinski definition) is 3. The van der Waals surface area contributed by atoms with Gasteiger partial charge >= 0.3 is 0 Å². The average molecular weight is 460 g/mol. The quantitative estimate of drug-likeness (QED) is 0.284. The van der Waals surface area contributed by atoms with Gasteiger partial charge in [-0.2, -0.15) is 0 Å². The van der Waals surface area contributed by atoms with Gasteiger partial charge in [0.2, 0.25) is 0 Å². The molecule has 2 rings (SSSR count). The molecule has 1 aliphatic rings. The zero-order valence-corrected chi connectivity index (χ0v) is 18.3. The summed E-state index contributed by atoms with van der Waals surface area (Å²) in [6.07, 6.45) is 2.10. The molecule has 142 valence electrons. The van der Waals surface area contributed by atoms with Crippen molar-refractivity contribution < 1.29 is 4.74 Å². The van der Waals surface area contributed by atoms with Crippen molar-refractivity contribution in [2.45, 2.75) is 38.8 Å². The zero-order chi connectivity index (χ0) is 17.4. The molecule has 0 bridgehead atoms. The molecule has 0 saturated carbocycles. The highest BCUT2D eigenvalue weighted by Gasteiger charge is 2.29. The first kappa shape index (κ1) is 22.2. The van der Waals surface area contributed by atoms with Crippen LogP contribution in [0.15, 0.2) is 29.3 Å². The molecule has 5 nitrogen and oxygen atoms in total. The molecule has 0 aliphatic carbocycles. The molecule has 0 spiro atoms. The number of ether oxygens (including phenoxy) is 1. The lowest BCUT2D eigenvalue weighted by molar-refractivity contribution is 0.107. The smallest absolute Gasteiger partial charge is 0.191 e. The molecule has 0 saturated heterocycles. The van der Waals surface area contributed by atoms with E-state index < -0.39 is 0 Å². The minimum atomic E-state index is 0. The van der Waals surface area contributed by atoms with Crippen molar-refractivity contribution in [3.05, 3.63) is 35.4 Å². The van der Waals surface area contributed by atoms with Crippen LogP contribution in [0.4, 0.5) is 0 Å². The van der Waals surface area contributed by atoms with E-state index in [0.29, 0.717) is 0 Å². The maximum atomic E-state index is 5.07. The van der Waals surface area contributed by atoms with Crippen molar-refractivity contribution in [2.75, 3.05) is 40.4 Å². The number of guanidine groups is 1. The molecule has 0 fully saturated rings. The summed E-state index contributed by atoms with van der Waals surface area (Å²) in [4.78, 5) is 6.86. The summed E-state index contributed by atoms with van der Waals surface area (Å²) < 4.78 is 5.07. The van der Waals surface area contributed by atoms with E-state index in [0.717, 1.165) is 51.6 Å². The Bertz CT molecular complexity index is 548. The summed E-state index contributed by atoms with van der Waals surface area (Å²) >= 11 is 0. The maximum absolute atomic E-state index is 5.07. The maximum Gasteiger partial charge on any atom is 0.191 e. The van der Waals surface area contributed by atoms with Gasteiger partial charge in [0, 0.05) is 52.5 Å². The van der Waals surface area contributed by atoms with Crippen molar-refractivity contribution in [3.63, 3.8) is 0 Å². The number of benzene rings is 1. The Morgan fingerprint density at radius 2 is 1.96 bits per heavy atom. The summed E-state index contributed by atoms with van der Waals surface area (Å²) in [5.41, 5.74) is 3.02. The highest BCUT2D eigenvalue weighted by atomic mass is 127. The number of nitrogens with one attached hydrogen (secondary N) is 2. The van der Waals surface area contributed by atoms with Gasteiger partial charge in [0.05, 0.1) is 0 Å². The van der Waals surface area contributed by atoms with Gasteiger partial charge in [-0.15, -0.1) is 24.0 Å². The molecule has 0 aromatic heterocycles. The number of rotatable bonds is 7. The second kappa shape index (κ2) is 11.0. The molecular formula is C19H33IN4O. The molecule has 1 aliphatic heterocycles. The van der Waals surface area contributed by atoms with Crippen LogP contribution in [-0.4, -0.2) is 56.8 Å². The Hall–Kier alpha value is -0.860. The first-order valence-corrected chi connectivity index (χ1v) is 8.82. The van der Waals surface area contributed by atoms with E-state index in [2.05, 4.69) is 58.6 Å². The molecule has 1 heterocycles. The predicted molar refractivity (Wildman–Crippen MR) is 116 cm³/mol. The molecule has 0 radical (unpaired) electrons. The Balaban J connectivity index is 0.00000312. The van der Waals surface area contributed by atoms with E-state index in [1.54, 1.807) is 7.11 Å². The van der Waals surface area contributed by atoms with E-state index >= 15 is 0 Å². The summed E-state index contributed by atoms with van der Waals surface area (Å²) in [7, 11) is 3.54. The monoisotopic (exact) mass is 460 g/mol. The number of nitrogens with zero attached hydrogens (tertiary/aromatic N) is 2. The fraction of sp³-hybridized carbons (Fsp3) is 0.632. The van der Waals surface area contributed by atoms with Crippen LogP contribution in [0.3, 0.4) is 0 Å². The highest BCUT2D eigenvalue weighted by molar-refractivity contribution is 14.0. The molecule has 2 N–H and O–H groups in total. The van der Waals surface area contributed by atoms with Gasteiger partial charge in [-0.1, -0.05) is 24.3 Å². The summed E-state index contributed by atoms with van der Waals surface area (Å²) in [5, 5.41) is 6.80. The van der Waals surface area contributed by atoms with E-state index in [1.807, 2.05) is 7.05 Å². The second-order valence-electron chi connectivity index (χ2n) is 6.95. The largest absolute Gasteiger partial charge is 0.385 e. The van der Waals surface area contributed by atoms with Crippen LogP contribution in [-0.2, 0) is 17.7 Å². The van der Waals surface area contributed by atoms with E-state index in [-0.39, 0.29) is 29.5 Å². The van der Waals surface area contributed by atoms with Crippen molar-refractivity contribution in [2.24, 2.45) is 4.99 Å². The van der Waals surface area contributed by atoms with Gasteiger partial charge in [0.15, 0.2) is 5.96 Å². The van der Waals surface area contributed by atoms with Crippen LogP contribution in [0.2, 0.25) is 0 Å².